The quantitative estimate of drug-likeness (QED) is 0.399. The van der Waals surface area contributed by atoms with Crippen LogP contribution in [0.1, 0.15) is 17.3 Å². The number of benzene rings is 2. The van der Waals surface area contributed by atoms with Crippen molar-refractivity contribution in [3.05, 3.63) is 74.2 Å². The fraction of sp³-hybridized carbons (Fsp3) is 0.261. The Kier molecular flexibility index (Phi) is 5.62. The van der Waals surface area contributed by atoms with Crippen molar-refractivity contribution in [2.75, 3.05) is 26.2 Å². The molecule has 9 nitrogen and oxygen atoms in total. The van der Waals surface area contributed by atoms with Gasteiger partial charge in [-0.15, -0.1) is 0 Å². The number of thiazole rings is 1. The lowest BCUT2D eigenvalue weighted by Crippen LogP contribution is -2.51. The minimum atomic E-state index is -3.80. The molecule has 34 heavy (non-hydrogen) atoms. The molecule has 0 aliphatic carbocycles. The first kappa shape index (κ1) is 22.5. The van der Waals surface area contributed by atoms with Gasteiger partial charge in [-0.2, -0.15) is 4.31 Å². The summed E-state index contributed by atoms with van der Waals surface area (Å²) in [5.41, 5.74) is 0.318. The van der Waals surface area contributed by atoms with E-state index in [9.17, 15) is 22.8 Å². The van der Waals surface area contributed by atoms with Crippen molar-refractivity contribution in [2.24, 2.45) is 0 Å². The number of hydrogen-bond acceptors (Lipinski definition) is 7. The fourth-order valence-electron chi connectivity index (χ4n) is 4.17. The lowest BCUT2D eigenvalue weighted by atomic mass is 10.1. The second kappa shape index (κ2) is 8.49. The Morgan fingerprint density at radius 1 is 1.03 bits per heavy atom. The van der Waals surface area contributed by atoms with Gasteiger partial charge in [-0.3, -0.25) is 14.2 Å². The third-order valence-electron chi connectivity index (χ3n) is 5.99. The fourth-order valence-corrected chi connectivity index (χ4v) is 6.69. The van der Waals surface area contributed by atoms with Gasteiger partial charge in [0.25, 0.3) is 5.91 Å². The maximum absolute atomic E-state index is 13.2. The van der Waals surface area contributed by atoms with Gasteiger partial charge < -0.3 is 9.32 Å². The molecule has 0 bridgehead atoms. The van der Waals surface area contributed by atoms with Gasteiger partial charge in [0.15, 0.2) is 0 Å². The van der Waals surface area contributed by atoms with Crippen molar-refractivity contribution in [1.82, 2.24) is 13.8 Å². The highest BCUT2D eigenvalue weighted by molar-refractivity contribution is 7.89. The number of piperazine rings is 1. The first-order chi connectivity index (χ1) is 16.3. The first-order valence-electron chi connectivity index (χ1n) is 10.8. The van der Waals surface area contributed by atoms with Crippen LogP contribution in [0.15, 0.2) is 67.4 Å². The molecule has 1 amide bonds. The van der Waals surface area contributed by atoms with E-state index < -0.39 is 21.6 Å². The number of aromatic nitrogens is 1. The molecule has 1 fully saturated rings. The van der Waals surface area contributed by atoms with Crippen molar-refractivity contribution >= 4 is 48.5 Å². The highest BCUT2D eigenvalue weighted by Crippen LogP contribution is 2.25. The summed E-state index contributed by atoms with van der Waals surface area (Å²) >= 11 is 1.02. The lowest BCUT2D eigenvalue weighted by Gasteiger charge is -2.33. The van der Waals surface area contributed by atoms with Crippen molar-refractivity contribution < 1.29 is 17.6 Å². The van der Waals surface area contributed by atoms with E-state index in [2.05, 4.69) is 0 Å². The smallest absolute Gasteiger partial charge is 0.349 e. The highest BCUT2D eigenvalue weighted by atomic mass is 32.2. The molecular formula is C23H21N3O6S2. The van der Waals surface area contributed by atoms with Crippen LogP contribution < -0.4 is 10.5 Å². The summed E-state index contributed by atoms with van der Waals surface area (Å²) in [5.74, 6) is -0.483. The number of nitrogens with zero attached hydrogens (tertiary/aromatic N) is 3. The van der Waals surface area contributed by atoms with Gasteiger partial charge >= 0.3 is 10.5 Å². The average molecular weight is 500 g/mol. The highest BCUT2D eigenvalue weighted by Gasteiger charge is 2.31. The molecule has 1 saturated heterocycles. The Hall–Kier alpha value is -3.28. The standard InChI is InChI=1S/C23H21N3O6S2/c1-2-26-18-8-7-16(14-20(18)33-23(26)29)34(30,31)25-11-9-24(10-12-25)21(27)17-13-15-5-3-4-6-19(15)32-22(17)28/h3-8,13-14H,2,9-12H2,1H3. The van der Waals surface area contributed by atoms with Crippen LogP contribution in [0.2, 0.25) is 0 Å². The topological polar surface area (TPSA) is 110 Å². The average Bonchev–Trinajstić information content (AvgIpc) is 3.17. The normalized spacial score (nSPS) is 15.3. The summed E-state index contributed by atoms with van der Waals surface area (Å²) in [5, 5.41) is 0.640. The summed E-state index contributed by atoms with van der Waals surface area (Å²) < 4.78 is 35.2. The van der Waals surface area contributed by atoms with E-state index in [1.807, 2.05) is 6.92 Å². The monoisotopic (exact) mass is 499 g/mol. The van der Waals surface area contributed by atoms with Crippen LogP contribution in [0.4, 0.5) is 0 Å². The third kappa shape index (κ3) is 3.75. The van der Waals surface area contributed by atoms with Crippen LogP contribution >= 0.6 is 11.3 Å². The Morgan fingerprint density at radius 2 is 1.76 bits per heavy atom. The Morgan fingerprint density at radius 3 is 2.50 bits per heavy atom. The molecule has 1 aliphatic rings. The van der Waals surface area contributed by atoms with E-state index in [4.69, 9.17) is 4.42 Å². The number of carbonyl (C=O) groups is 1. The van der Waals surface area contributed by atoms with Crippen LogP contribution in [0.3, 0.4) is 0 Å². The zero-order chi connectivity index (χ0) is 24.0. The molecule has 11 heteroatoms. The maximum atomic E-state index is 13.2. The molecule has 0 radical (unpaired) electrons. The second-order valence-corrected chi connectivity index (χ2v) is 10.9. The second-order valence-electron chi connectivity index (χ2n) is 7.92. The molecule has 176 valence electrons. The molecule has 0 N–H and O–H groups in total. The SMILES string of the molecule is CCn1c(=O)sc2cc(S(=O)(=O)N3CCN(C(=O)c4cc5ccccc5oc4=O)CC3)ccc21. The molecule has 1 aliphatic heterocycles. The number of rotatable bonds is 4. The Labute approximate surface area is 198 Å². The number of para-hydroxylation sites is 1. The Balaban J connectivity index is 1.35. The first-order valence-corrected chi connectivity index (χ1v) is 13.0. The molecular weight excluding hydrogens is 478 g/mol. The zero-order valence-corrected chi connectivity index (χ0v) is 19.9. The van der Waals surface area contributed by atoms with Crippen LogP contribution in [-0.4, -0.2) is 54.3 Å². The largest absolute Gasteiger partial charge is 0.422 e. The number of sulfonamides is 1. The van der Waals surface area contributed by atoms with Gasteiger partial charge in [-0.05, 0) is 37.3 Å². The molecule has 5 rings (SSSR count). The number of hydrogen-bond donors (Lipinski definition) is 0. The molecule has 4 aromatic rings. The van der Waals surface area contributed by atoms with Gasteiger partial charge in [0, 0.05) is 38.1 Å². The number of aryl methyl sites for hydroxylation is 1. The van der Waals surface area contributed by atoms with E-state index >= 15 is 0 Å². The van der Waals surface area contributed by atoms with E-state index in [-0.39, 0.29) is 41.5 Å². The van der Waals surface area contributed by atoms with Gasteiger partial charge in [0.05, 0.1) is 15.1 Å². The van der Waals surface area contributed by atoms with Crippen molar-refractivity contribution in [3.63, 3.8) is 0 Å². The van der Waals surface area contributed by atoms with Crippen molar-refractivity contribution in [3.8, 4) is 0 Å². The summed E-state index contributed by atoms with van der Waals surface area (Å²) in [6.07, 6.45) is 0. The van der Waals surface area contributed by atoms with Crippen LogP contribution in [0.25, 0.3) is 21.2 Å². The molecule has 0 saturated carbocycles. The minimum Gasteiger partial charge on any atom is -0.422 e. The maximum Gasteiger partial charge on any atom is 0.349 e. The molecule has 0 atom stereocenters. The van der Waals surface area contributed by atoms with E-state index in [0.717, 1.165) is 11.3 Å². The van der Waals surface area contributed by atoms with Crippen LogP contribution in [0, 0.1) is 0 Å². The van der Waals surface area contributed by atoms with E-state index in [1.54, 1.807) is 34.9 Å². The molecule has 0 spiro atoms. The third-order valence-corrected chi connectivity index (χ3v) is 8.83. The van der Waals surface area contributed by atoms with Crippen LogP contribution in [0.5, 0.6) is 0 Å². The molecule has 2 aromatic carbocycles. The van der Waals surface area contributed by atoms with Gasteiger partial charge in [-0.1, -0.05) is 29.5 Å². The van der Waals surface area contributed by atoms with Gasteiger partial charge in [0.2, 0.25) is 10.0 Å². The predicted molar refractivity (Wildman–Crippen MR) is 129 cm³/mol. The number of carbonyl (C=O) groups excluding carboxylic acids is 1. The Bertz CT molecular complexity index is 1640. The predicted octanol–water partition coefficient (Wildman–Crippen LogP) is 2.34. The van der Waals surface area contributed by atoms with E-state index in [0.29, 0.717) is 27.7 Å². The summed E-state index contributed by atoms with van der Waals surface area (Å²) in [6.45, 7) is 2.85. The molecule has 2 aromatic heterocycles. The number of fused-ring (bicyclic) bond motifs is 2. The van der Waals surface area contributed by atoms with Crippen LogP contribution in [-0.2, 0) is 16.6 Å². The van der Waals surface area contributed by atoms with Crippen molar-refractivity contribution in [2.45, 2.75) is 18.4 Å². The summed E-state index contributed by atoms with van der Waals surface area (Å²) in [4.78, 5) is 38.8. The zero-order valence-electron chi connectivity index (χ0n) is 18.3. The molecule has 3 heterocycles. The molecule has 0 unspecified atom stereocenters. The lowest BCUT2D eigenvalue weighted by molar-refractivity contribution is 0.0694. The summed E-state index contributed by atoms with van der Waals surface area (Å²) in [7, 11) is -3.80. The minimum absolute atomic E-state index is 0.0733. The van der Waals surface area contributed by atoms with Crippen molar-refractivity contribution in [1.29, 1.82) is 0 Å². The number of amides is 1. The van der Waals surface area contributed by atoms with E-state index in [1.165, 1.54) is 27.4 Å². The summed E-state index contributed by atoms with van der Waals surface area (Å²) in [6, 6.07) is 13.1. The van der Waals surface area contributed by atoms with Gasteiger partial charge in [-0.25, -0.2) is 13.2 Å². The van der Waals surface area contributed by atoms with Gasteiger partial charge in [0.1, 0.15) is 11.1 Å².